The molecule has 0 unspecified atom stereocenters. The van der Waals surface area contributed by atoms with Gasteiger partial charge in [-0.1, -0.05) is 32.9 Å². The molecule has 0 N–H and O–H groups in total. The summed E-state index contributed by atoms with van der Waals surface area (Å²) in [5, 5.41) is 0. The summed E-state index contributed by atoms with van der Waals surface area (Å²) in [5.74, 6) is -1.20. The van der Waals surface area contributed by atoms with Crippen LogP contribution in [0, 0.1) is 0 Å². The maximum atomic E-state index is 12.2. The third-order valence-corrected chi connectivity index (χ3v) is 3.88. The first-order valence-corrected chi connectivity index (χ1v) is 7.65. The summed E-state index contributed by atoms with van der Waals surface area (Å²) in [6, 6.07) is 7.79. The number of methoxy groups -OCH3 is 2. The van der Waals surface area contributed by atoms with Gasteiger partial charge in [0.2, 0.25) is 0 Å². The van der Waals surface area contributed by atoms with Crippen molar-refractivity contribution in [3.63, 3.8) is 0 Å². The second-order valence-electron chi connectivity index (χ2n) is 6.51. The molecule has 0 spiro atoms. The van der Waals surface area contributed by atoms with Crippen LogP contribution in [-0.4, -0.2) is 39.5 Å². The molecule has 0 saturated carbocycles. The van der Waals surface area contributed by atoms with Crippen molar-refractivity contribution >= 4 is 17.6 Å². The van der Waals surface area contributed by atoms with Crippen LogP contribution in [0.1, 0.15) is 26.3 Å². The second kappa shape index (κ2) is 7.05. The van der Waals surface area contributed by atoms with E-state index in [0.717, 1.165) is 5.69 Å². The van der Waals surface area contributed by atoms with Gasteiger partial charge in [0.25, 0.3) is 0 Å². The smallest absolute Gasteiger partial charge is 0.355 e. The van der Waals surface area contributed by atoms with E-state index in [-0.39, 0.29) is 30.0 Å². The topological polar surface area (TPSA) is 65.1 Å². The molecular weight excluding hydrogens is 310 g/mol. The van der Waals surface area contributed by atoms with Crippen LogP contribution in [0.2, 0.25) is 0 Å². The second-order valence-corrected chi connectivity index (χ2v) is 6.51. The third-order valence-electron chi connectivity index (χ3n) is 3.88. The van der Waals surface area contributed by atoms with E-state index in [0.29, 0.717) is 0 Å². The molecule has 0 saturated heterocycles. The predicted octanol–water partition coefficient (Wildman–Crippen LogP) is 2.38. The standard InChI is InChI=1S/C18H23NO5/c1-18(2,3)12-6-8-13(9-7-12)19-11-24-10-14(16(20)22-4)15(19)17(21)23-5/h6-9H,10-11H2,1-5H3. The highest BCUT2D eigenvalue weighted by Crippen LogP contribution is 2.29. The van der Waals surface area contributed by atoms with Gasteiger partial charge in [-0.15, -0.1) is 0 Å². The van der Waals surface area contributed by atoms with Crippen molar-refractivity contribution in [2.45, 2.75) is 26.2 Å². The molecule has 0 bridgehead atoms. The number of ether oxygens (including phenoxy) is 3. The highest BCUT2D eigenvalue weighted by Gasteiger charge is 2.32. The Hall–Kier alpha value is -2.34. The number of hydrogen-bond acceptors (Lipinski definition) is 6. The van der Waals surface area contributed by atoms with Gasteiger partial charge >= 0.3 is 11.9 Å². The summed E-state index contributed by atoms with van der Waals surface area (Å²) >= 11 is 0. The minimum atomic E-state index is -0.605. The van der Waals surface area contributed by atoms with E-state index in [4.69, 9.17) is 14.2 Å². The molecule has 24 heavy (non-hydrogen) atoms. The Bertz CT molecular complexity index is 655. The summed E-state index contributed by atoms with van der Waals surface area (Å²) in [6.07, 6.45) is 0. The van der Waals surface area contributed by atoms with Crippen molar-refractivity contribution in [1.29, 1.82) is 0 Å². The maximum absolute atomic E-state index is 12.2. The third kappa shape index (κ3) is 3.59. The molecule has 0 atom stereocenters. The summed E-state index contributed by atoms with van der Waals surface area (Å²) in [5.41, 5.74) is 2.23. The summed E-state index contributed by atoms with van der Waals surface area (Å²) < 4.78 is 15.0. The number of esters is 2. The Morgan fingerprint density at radius 2 is 1.62 bits per heavy atom. The Morgan fingerprint density at radius 1 is 1.04 bits per heavy atom. The van der Waals surface area contributed by atoms with Gasteiger partial charge in [-0.3, -0.25) is 0 Å². The molecule has 1 aromatic rings. The van der Waals surface area contributed by atoms with Gasteiger partial charge in [0.15, 0.2) is 0 Å². The van der Waals surface area contributed by atoms with Gasteiger partial charge in [0, 0.05) is 5.69 Å². The van der Waals surface area contributed by atoms with E-state index >= 15 is 0 Å². The molecule has 0 aliphatic carbocycles. The first-order valence-electron chi connectivity index (χ1n) is 7.65. The van der Waals surface area contributed by atoms with Crippen molar-refractivity contribution in [1.82, 2.24) is 0 Å². The lowest BCUT2D eigenvalue weighted by atomic mass is 9.87. The molecule has 1 aliphatic rings. The zero-order valence-corrected chi connectivity index (χ0v) is 14.7. The molecule has 0 amide bonds. The number of anilines is 1. The lowest BCUT2D eigenvalue weighted by molar-refractivity contribution is -0.140. The predicted molar refractivity (Wildman–Crippen MR) is 89.5 cm³/mol. The first-order chi connectivity index (χ1) is 11.3. The molecule has 0 radical (unpaired) electrons. The highest BCUT2D eigenvalue weighted by atomic mass is 16.5. The normalized spacial score (nSPS) is 15.3. The molecular formula is C18H23NO5. The van der Waals surface area contributed by atoms with Crippen LogP contribution in [0.4, 0.5) is 5.69 Å². The van der Waals surface area contributed by atoms with Crippen molar-refractivity contribution < 1.29 is 23.8 Å². The van der Waals surface area contributed by atoms with E-state index in [1.807, 2.05) is 24.3 Å². The van der Waals surface area contributed by atoms with Gasteiger partial charge in [-0.05, 0) is 23.1 Å². The van der Waals surface area contributed by atoms with Crippen molar-refractivity contribution in [2.24, 2.45) is 0 Å². The van der Waals surface area contributed by atoms with E-state index in [9.17, 15) is 9.59 Å². The van der Waals surface area contributed by atoms with Crippen molar-refractivity contribution in [3.8, 4) is 0 Å². The van der Waals surface area contributed by atoms with Crippen LogP contribution < -0.4 is 4.90 Å². The van der Waals surface area contributed by atoms with Gasteiger partial charge in [-0.2, -0.15) is 0 Å². The zero-order valence-electron chi connectivity index (χ0n) is 14.7. The van der Waals surface area contributed by atoms with Gasteiger partial charge < -0.3 is 19.1 Å². The number of hydrogen-bond donors (Lipinski definition) is 0. The van der Waals surface area contributed by atoms with Crippen LogP contribution in [0.15, 0.2) is 35.5 Å². The number of rotatable bonds is 3. The SMILES string of the molecule is COC(=O)C1=C(C(=O)OC)N(c2ccc(C(C)(C)C)cc2)COC1. The number of carbonyl (C=O) groups excluding carboxylic acids is 2. The molecule has 1 aliphatic heterocycles. The van der Waals surface area contributed by atoms with Crippen molar-refractivity contribution in [2.75, 3.05) is 32.5 Å². The molecule has 2 rings (SSSR count). The molecule has 1 heterocycles. The van der Waals surface area contributed by atoms with Gasteiger partial charge in [0.05, 0.1) is 26.4 Å². The summed E-state index contributed by atoms with van der Waals surface area (Å²) in [6.45, 7) is 6.54. The van der Waals surface area contributed by atoms with E-state index in [1.54, 1.807) is 4.90 Å². The van der Waals surface area contributed by atoms with Gasteiger partial charge in [-0.25, -0.2) is 9.59 Å². The van der Waals surface area contributed by atoms with Crippen molar-refractivity contribution in [3.05, 3.63) is 41.1 Å². The van der Waals surface area contributed by atoms with E-state index < -0.39 is 11.9 Å². The van der Waals surface area contributed by atoms with Gasteiger partial charge in [0.1, 0.15) is 12.4 Å². The molecule has 130 valence electrons. The van der Waals surface area contributed by atoms with E-state index in [1.165, 1.54) is 19.8 Å². The summed E-state index contributed by atoms with van der Waals surface area (Å²) in [7, 11) is 2.54. The minimum Gasteiger partial charge on any atom is -0.466 e. The molecule has 1 aromatic carbocycles. The maximum Gasteiger partial charge on any atom is 0.355 e. The van der Waals surface area contributed by atoms with Crippen LogP contribution in [-0.2, 0) is 29.2 Å². The fraction of sp³-hybridized carbons (Fsp3) is 0.444. The first kappa shape index (κ1) is 18.0. The fourth-order valence-electron chi connectivity index (χ4n) is 2.49. The Kier molecular flexibility index (Phi) is 5.29. The van der Waals surface area contributed by atoms with Crippen LogP contribution in [0.25, 0.3) is 0 Å². The average Bonchev–Trinajstić information content (AvgIpc) is 2.59. The Morgan fingerprint density at radius 3 is 2.12 bits per heavy atom. The average molecular weight is 333 g/mol. The number of nitrogens with zero attached hydrogens (tertiary/aromatic N) is 1. The molecule has 6 nitrogen and oxygen atoms in total. The minimum absolute atomic E-state index is 0.00762. The fourth-order valence-corrected chi connectivity index (χ4v) is 2.49. The number of carbonyl (C=O) groups is 2. The highest BCUT2D eigenvalue weighted by molar-refractivity contribution is 6.03. The summed E-state index contributed by atoms with van der Waals surface area (Å²) in [4.78, 5) is 25.8. The Labute approximate surface area is 142 Å². The van der Waals surface area contributed by atoms with Crippen LogP contribution in [0.5, 0.6) is 0 Å². The molecule has 0 aromatic heterocycles. The van der Waals surface area contributed by atoms with Crippen LogP contribution >= 0.6 is 0 Å². The zero-order chi connectivity index (χ0) is 17.9. The molecule has 6 heteroatoms. The lowest BCUT2D eigenvalue weighted by Crippen LogP contribution is -2.38. The number of benzene rings is 1. The van der Waals surface area contributed by atoms with Crippen LogP contribution in [0.3, 0.4) is 0 Å². The monoisotopic (exact) mass is 333 g/mol. The largest absolute Gasteiger partial charge is 0.466 e. The quantitative estimate of drug-likeness (QED) is 0.791. The lowest BCUT2D eigenvalue weighted by Gasteiger charge is -2.31. The van der Waals surface area contributed by atoms with E-state index in [2.05, 4.69) is 20.8 Å². The molecule has 0 fully saturated rings. The Balaban J connectivity index is 2.47.